The summed E-state index contributed by atoms with van der Waals surface area (Å²) >= 11 is 0. The second kappa shape index (κ2) is 7.00. The van der Waals surface area contributed by atoms with E-state index < -0.39 is 12.1 Å². The molecule has 24 heavy (non-hydrogen) atoms. The van der Waals surface area contributed by atoms with Crippen LogP contribution in [0.1, 0.15) is 32.4 Å². The van der Waals surface area contributed by atoms with Crippen LogP contribution in [-0.2, 0) is 5.41 Å². The van der Waals surface area contributed by atoms with E-state index in [1.54, 1.807) is 0 Å². The monoisotopic (exact) mass is 323 g/mol. The topological polar surface area (TPSA) is 22.1 Å². The Hall–Kier alpha value is -2.42. The van der Waals surface area contributed by atoms with Crippen molar-refractivity contribution >= 4 is 10.8 Å². The number of alkyl halides is 1. The Bertz CT molecular complexity index is 813. The number of halogens is 1. The average Bonchev–Trinajstić information content (AvgIpc) is 2.64. The predicted octanol–water partition coefficient (Wildman–Crippen LogP) is 6.05. The van der Waals surface area contributed by atoms with E-state index in [-0.39, 0.29) is 0 Å². The van der Waals surface area contributed by atoms with E-state index in [0.717, 1.165) is 22.2 Å². The Morgan fingerprint density at radius 2 is 1.62 bits per heavy atom. The Labute approximate surface area is 142 Å². The molecule has 3 heteroatoms. The van der Waals surface area contributed by atoms with Crippen LogP contribution in [0.5, 0.6) is 11.6 Å². The molecule has 0 saturated heterocycles. The highest BCUT2D eigenvalue weighted by Gasteiger charge is 2.30. The molecule has 0 saturated carbocycles. The number of aromatic nitrogens is 1. The standard InChI is InChI=1S/C21H22FNO/c1-3-21(4-2,15-22)19-13-8-14-20(23-19)24-18-12-7-10-16-9-5-6-11-17(16)18/h5-14H,3-4,15H2,1-2H3. The molecule has 0 N–H and O–H groups in total. The molecule has 2 aromatic carbocycles. The maximum absolute atomic E-state index is 13.7. The van der Waals surface area contributed by atoms with Crippen molar-refractivity contribution in [3.8, 4) is 11.6 Å². The van der Waals surface area contributed by atoms with Gasteiger partial charge in [-0.1, -0.05) is 56.3 Å². The largest absolute Gasteiger partial charge is 0.438 e. The van der Waals surface area contributed by atoms with Gasteiger partial charge in [0.1, 0.15) is 12.4 Å². The summed E-state index contributed by atoms with van der Waals surface area (Å²) in [5.41, 5.74) is 0.228. The summed E-state index contributed by atoms with van der Waals surface area (Å²) < 4.78 is 19.7. The van der Waals surface area contributed by atoms with Gasteiger partial charge in [-0.2, -0.15) is 0 Å². The Morgan fingerprint density at radius 1 is 0.917 bits per heavy atom. The highest BCUT2D eigenvalue weighted by molar-refractivity contribution is 5.88. The molecule has 0 aliphatic rings. The van der Waals surface area contributed by atoms with Gasteiger partial charge in [-0.05, 0) is 30.4 Å². The lowest BCUT2D eigenvalue weighted by molar-refractivity contribution is 0.277. The van der Waals surface area contributed by atoms with Crippen LogP contribution in [0.4, 0.5) is 4.39 Å². The number of fused-ring (bicyclic) bond motifs is 1. The van der Waals surface area contributed by atoms with Crippen molar-refractivity contribution in [2.75, 3.05) is 6.67 Å². The number of nitrogens with zero attached hydrogens (tertiary/aromatic N) is 1. The van der Waals surface area contributed by atoms with Gasteiger partial charge in [-0.3, -0.25) is 4.39 Å². The molecule has 0 spiro atoms. The fourth-order valence-corrected chi connectivity index (χ4v) is 3.03. The Kier molecular flexibility index (Phi) is 4.79. The van der Waals surface area contributed by atoms with Crippen molar-refractivity contribution in [3.05, 3.63) is 66.4 Å². The summed E-state index contributed by atoms with van der Waals surface area (Å²) in [5.74, 6) is 1.26. The first-order valence-corrected chi connectivity index (χ1v) is 8.41. The van der Waals surface area contributed by atoms with E-state index in [2.05, 4.69) is 4.98 Å². The molecule has 0 bridgehead atoms. The number of hydrogen-bond donors (Lipinski definition) is 0. The Balaban J connectivity index is 1.98. The maximum atomic E-state index is 13.7. The van der Waals surface area contributed by atoms with Crippen LogP contribution in [0.15, 0.2) is 60.7 Å². The minimum absolute atomic E-state index is 0.412. The first kappa shape index (κ1) is 16.4. The van der Waals surface area contributed by atoms with Gasteiger partial charge in [-0.15, -0.1) is 0 Å². The first-order chi connectivity index (χ1) is 11.7. The third-order valence-corrected chi connectivity index (χ3v) is 4.84. The van der Waals surface area contributed by atoms with Crippen LogP contribution in [-0.4, -0.2) is 11.7 Å². The average molecular weight is 323 g/mol. The molecule has 0 aliphatic carbocycles. The zero-order valence-corrected chi connectivity index (χ0v) is 14.1. The number of hydrogen-bond acceptors (Lipinski definition) is 2. The second-order valence-corrected chi connectivity index (χ2v) is 6.06. The summed E-state index contributed by atoms with van der Waals surface area (Å²) in [7, 11) is 0. The quantitative estimate of drug-likeness (QED) is 0.550. The van der Waals surface area contributed by atoms with Crippen molar-refractivity contribution in [1.82, 2.24) is 4.98 Å². The molecule has 3 rings (SSSR count). The summed E-state index contributed by atoms with van der Waals surface area (Å²) in [4.78, 5) is 4.60. The Morgan fingerprint density at radius 3 is 2.38 bits per heavy atom. The summed E-state index contributed by atoms with van der Waals surface area (Å²) in [6, 6.07) is 19.6. The van der Waals surface area contributed by atoms with Gasteiger partial charge in [0.25, 0.3) is 0 Å². The fraction of sp³-hybridized carbons (Fsp3) is 0.286. The molecule has 1 aromatic heterocycles. The van der Waals surface area contributed by atoms with Gasteiger partial charge in [-0.25, -0.2) is 4.98 Å². The smallest absolute Gasteiger partial charge is 0.219 e. The molecule has 0 aliphatic heterocycles. The molecule has 0 fully saturated rings. The second-order valence-electron chi connectivity index (χ2n) is 6.06. The van der Waals surface area contributed by atoms with E-state index in [4.69, 9.17) is 4.74 Å². The number of benzene rings is 2. The molecular formula is C21H22FNO. The normalized spacial score (nSPS) is 11.6. The van der Waals surface area contributed by atoms with Gasteiger partial charge in [0, 0.05) is 16.9 Å². The van der Waals surface area contributed by atoms with Gasteiger partial charge >= 0.3 is 0 Å². The van der Waals surface area contributed by atoms with Crippen LogP contribution in [0.3, 0.4) is 0 Å². The zero-order valence-electron chi connectivity index (χ0n) is 14.1. The van der Waals surface area contributed by atoms with Gasteiger partial charge in [0.15, 0.2) is 0 Å². The van der Waals surface area contributed by atoms with Gasteiger partial charge in [0.05, 0.1) is 5.69 Å². The minimum Gasteiger partial charge on any atom is -0.438 e. The van der Waals surface area contributed by atoms with E-state index in [1.807, 2.05) is 74.5 Å². The molecule has 0 atom stereocenters. The number of ether oxygens (including phenoxy) is 1. The molecule has 3 aromatic rings. The minimum atomic E-state index is -0.530. The van der Waals surface area contributed by atoms with Crippen molar-refractivity contribution in [1.29, 1.82) is 0 Å². The van der Waals surface area contributed by atoms with Crippen LogP contribution in [0, 0.1) is 0 Å². The molecule has 1 heterocycles. The van der Waals surface area contributed by atoms with E-state index in [9.17, 15) is 4.39 Å². The van der Waals surface area contributed by atoms with Crippen molar-refractivity contribution in [2.24, 2.45) is 0 Å². The summed E-state index contributed by atoms with van der Waals surface area (Å²) in [6.07, 6.45) is 1.43. The van der Waals surface area contributed by atoms with Gasteiger partial charge in [0.2, 0.25) is 5.88 Å². The summed E-state index contributed by atoms with van der Waals surface area (Å²) in [5, 5.41) is 2.15. The van der Waals surface area contributed by atoms with Crippen LogP contribution in [0.25, 0.3) is 10.8 Å². The fourth-order valence-electron chi connectivity index (χ4n) is 3.03. The predicted molar refractivity (Wildman–Crippen MR) is 96.5 cm³/mol. The van der Waals surface area contributed by atoms with E-state index >= 15 is 0 Å². The lowest BCUT2D eigenvalue weighted by Crippen LogP contribution is -2.28. The molecular weight excluding hydrogens is 301 g/mol. The van der Waals surface area contributed by atoms with Crippen LogP contribution >= 0.6 is 0 Å². The van der Waals surface area contributed by atoms with Crippen LogP contribution < -0.4 is 4.74 Å². The molecule has 0 unspecified atom stereocenters. The van der Waals surface area contributed by atoms with Crippen molar-refractivity contribution < 1.29 is 9.13 Å². The zero-order chi connectivity index (χ0) is 17.0. The highest BCUT2D eigenvalue weighted by Crippen LogP contribution is 2.34. The molecule has 0 amide bonds. The molecule has 0 radical (unpaired) electrons. The number of rotatable bonds is 6. The van der Waals surface area contributed by atoms with Crippen molar-refractivity contribution in [2.45, 2.75) is 32.1 Å². The first-order valence-electron chi connectivity index (χ1n) is 8.41. The highest BCUT2D eigenvalue weighted by atomic mass is 19.1. The lowest BCUT2D eigenvalue weighted by Gasteiger charge is -2.27. The van der Waals surface area contributed by atoms with Gasteiger partial charge < -0.3 is 4.74 Å². The number of pyridine rings is 1. The summed E-state index contributed by atoms with van der Waals surface area (Å²) in [6.45, 7) is 3.59. The molecule has 124 valence electrons. The lowest BCUT2D eigenvalue weighted by atomic mass is 9.80. The van der Waals surface area contributed by atoms with Crippen LogP contribution in [0.2, 0.25) is 0 Å². The van der Waals surface area contributed by atoms with Crippen molar-refractivity contribution in [3.63, 3.8) is 0 Å². The SMILES string of the molecule is CCC(CC)(CF)c1cccc(Oc2cccc3ccccc23)n1. The maximum Gasteiger partial charge on any atom is 0.219 e. The third kappa shape index (κ3) is 2.99. The van der Waals surface area contributed by atoms with E-state index in [0.29, 0.717) is 18.7 Å². The molecule has 2 nitrogen and oxygen atoms in total. The van der Waals surface area contributed by atoms with E-state index in [1.165, 1.54) is 0 Å². The third-order valence-electron chi connectivity index (χ3n) is 4.84.